The van der Waals surface area contributed by atoms with Crippen LogP contribution in [0.2, 0.25) is 0 Å². The summed E-state index contributed by atoms with van der Waals surface area (Å²) in [6.45, 7) is 1.72. The van der Waals surface area contributed by atoms with Gasteiger partial charge in [0.15, 0.2) is 0 Å². The Hall–Kier alpha value is -2.28. The molecule has 0 radical (unpaired) electrons. The highest BCUT2D eigenvalue weighted by molar-refractivity contribution is 5.88. The number of nitrogens with zero attached hydrogens (tertiary/aromatic N) is 1. The zero-order valence-corrected chi connectivity index (χ0v) is 12.8. The maximum atomic E-state index is 12.0. The third kappa shape index (κ3) is 3.88. The van der Waals surface area contributed by atoms with Crippen molar-refractivity contribution < 1.29 is 19.1 Å². The second-order valence-corrected chi connectivity index (χ2v) is 5.17. The van der Waals surface area contributed by atoms with Gasteiger partial charge in [0.05, 0.1) is 26.7 Å². The minimum atomic E-state index is -0.538. The third-order valence-corrected chi connectivity index (χ3v) is 3.63. The summed E-state index contributed by atoms with van der Waals surface area (Å²) in [4.78, 5) is 25.1. The molecule has 1 aliphatic rings. The van der Waals surface area contributed by atoms with Gasteiger partial charge in [-0.1, -0.05) is 0 Å². The maximum Gasteiger partial charge on any atom is 0.237 e. The lowest BCUT2D eigenvalue weighted by Gasteiger charge is -2.34. The molecule has 7 nitrogen and oxygen atoms in total. The second-order valence-electron chi connectivity index (χ2n) is 5.17. The van der Waals surface area contributed by atoms with Crippen molar-refractivity contribution in [1.29, 1.82) is 0 Å². The van der Waals surface area contributed by atoms with Crippen molar-refractivity contribution >= 4 is 11.8 Å². The summed E-state index contributed by atoms with van der Waals surface area (Å²) < 4.78 is 10.5. The van der Waals surface area contributed by atoms with E-state index in [0.717, 1.165) is 5.56 Å². The van der Waals surface area contributed by atoms with E-state index >= 15 is 0 Å². The molecule has 3 N–H and O–H groups in total. The molecule has 0 unspecified atom stereocenters. The summed E-state index contributed by atoms with van der Waals surface area (Å²) in [6, 6.07) is 5.02. The van der Waals surface area contributed by atoms with Crippen LogP contribution in [0.4, 0.5) is 0 Å². The molecule has 0 aliphatic carbocycles. The fourth-order valence-corrected chi connectivity index (χ4v) is 2.56. The van der Waals surface area contributed by atoms with Crippen molar-refractivity contribution in [1.82, 2.24) is 10.2 Å². The number of methoxy groups -OCH3 is 2. The Kier molecular flexibility index (Phi) is 5.21. The fourth-order valence-electron chi connectivity index (χ4n) is 2.56. The van der Waals surface area contributed by atoms with Crippen LogP contribution in [0.1, 0.15) is 12.0 Å². The normalized spacial score (nSPS) is 18.6. The number of ether oxygens (including phenoxy) is 2. The third-order valence-electron chi connectivity index (χ3n) is 3.63. The molecule has 1 aliphatic heterocycles. The van der Waals surface area contributed by atoms with E-state index < -0.39 is 11.9 Å². The lowest BCUT2D eigenvalue weighted by molar-refractivity contribution is -0.133. The van der Waals surface area contributed by atoms with Crippen molar-refractivity contribution in [3.63, 3.8) is 0 Å². The van der Waals surface area contributed by atoms with Crippen molar-refractivity contribution in [2.45, 2.75) is 19.0 Å². The number of piperazine rings is 1. The average Bonchev–Trinajstić information content (AvgIpc) is 2.50. The number of carbonyl (C=O) groups excluding carboxylic acids is 2. The monoisotopic (exact) mass is 307 g/mol. The molecule has 120 valence electrons. The summed E-state index contributed by atoms with van der Waals surface area (Å²) in [5.41, 5.74) is 6.19. The molecule has 0 bridgehead atoms. The van der Waals surface area contributed by atoms with Gasteiger partial charge in [-0.25, -0.2) is 0 Å². The number of nitrogens with two attached hydrogens (primary N) is 1. The first kappa shape index (κ1) is 16.1. The highest BCUT2D eigenvalue weighted by Crippen LogP contribution is 2.24. The molecule has 2 rings (SSSR count). The molecule has 2 amide bonds. The number of benzene rings is 1. The van der Waals surface area contributed by atoms with E-state index in [1.807, 2.05) is 17.0 Å². The molecule has 1 aromatic carbocycles. The molecular weight excluding hydrogens is 286 g/mol. The van der Waals surface area contributed by atoms with Gasteiger partial charge in [0.2, 0.25) is 11.8 Å². The predicted molar refractivity (Wildman–Crippen MR) is 80.6 cm³/mol. The number of carbonyl (C=O) groups is 2. The summed E-state index contributed by atoms with van der Waals surface area (Å²) in [7, 11) is 3.17. The van der Waals surface area contributed by atoms with Crippen LogP contribution < -0.4 is 20.5 Å². The zero-order chi connectivity index (χ0) is 16.1. The summed E-state index contributed by atoms with van der Waals surface area (Å²) >= 11 is 0. The summed E-state index contributed by atoms with van der Waals surface area (Å²) in [5.74, 6) is 0.708. The van der Waals surface area contributed by atoms with Gasteiger partial charge < -0.3 is 20.5 Å². The Morgan fingerprint density at radius 2 is 1.95 bits per heavy atom. The van der Waals surface area contributed by atoms with E-state index in [9.17, 15) is 9.59 Å². The zero-order valence-electron chi connectivity index (χ0n) is 12.8. The van der Waals surface area contributed by atoms with Crippen LogP contribution in [0, 0.1) is 0 Å². The maximum absolute atomic E-state index is 12.0. The van der Waals surface area contributed by atoms with Crippen molar-refractivity contribution in [3.05, 3.63) is 23.8 Å². The molecule has 1 aromatic rings. The van der Waals surface area contributed by atoms with Gasteiger partial charge in [-0.3, -0.25) is 14.5 Å². The Balaban J connectivity index is 2.19. The number of rotatable bonds is 6. The summed E-state index contributed by atoms with van der Waals surface area (Å²) in [5, 5.41) is 2.76. The van der Waals surface area contributed by atoms with Gasteiger partial charge in [-0.2, -0.15) is 0 Å². The van der Waals surface area contributed by atoms with Crippen LogP contribution in [-0.4, -0.2) is 50.1 Å². The van der Waals surface area contributed by atoms with E-state index in [0.29, 0.717) is 31.1 Å². The highest BCUT2D eigenvalue weighted by atomic mass is 16.5. The van der Waals surface area contributed by atoms with Crippen molar-refractivity contribution in [3.8, 4) is 11.5 Å². The highest BCUT2D eigenvalue weighted by Gasteiger charge is 2.31. The van der Waals surface area contributed by atoms with Gasteiger partial charge in [0.1, 0.15) is 11.5 Å². The SMILES string of the molecule is COc1cc(CN2CCNC(=O)[C@@H]2CC(N)=O)cc(OC)c1. The van der Waals surface area contributed by atoms with Gasteiger partial charge in [-0.15, -0.1) is 0 Å². The largest absolute Gasteiger partial charge is 0.497 e. The van der Waals surface area contributed by atoms with Crippen molar-refractivity contribution in [2.75, 3.05) is 27.3 Å². The second kappa shape index (κ2) is 7.13. The van der Waals surface area contributed by atoms with E-state index in [1.165, 1.54) is 0 Å². The van der Waals surface area contributed by atoms with E-state index in [2.05, 4.69) is 5.32 Å². The predicted octanol–water partition coefficient (Wildman–Crippen LogP) is -0.120. The average molecular weight is 307 g/mol. The van der Waals surface area contributed by atoms with Crippen LogP contribution in [0.5, 0.6) is 11.5 Å². The molecule has 1 atom stereocenters. The first-order chi connectivity index (χ1) is 10.5. The van der Waals surface area contributed by atoms with Gasteiger partial charge in [0, 0.05) is 25.7 Å². The van der Waals surface area contributed by atoms with E-state index in [1.54, 1.807) is 20.3 Å². The van der Waals surface area contributed by atoms with E-state index in [4.69, 9.17) is 15.2 Å². The number of nitrogens with one attached hydrogen (secondary N) is 1. The lowest BCUT2D eigenvalue weighted by atomic mass is 10.1. The Bertz CT molecular complexity index is 539. The molecule has 1 fully saturated rings. The minimum absolute atomic E-state index is 0.00688. The van der Waals surface area contributed by atoms with Crippen molar-refractivity contribution in [2.24, 2.45) is 5.73 Å². The van der Waals surface area contributed by atoms with Gasteiger partial charge >= 0.3 is 0 Å². The lowest BCUT2D eigenvalue weighted by Crippen LogP contribution is -2.55. The molecule has 22 heavy (non-hydrogen) atoms. The van der Waals surface area contributed by atoms with Crippen LogP contribution in [0.3, 0.4) is 0 Å². The molecule has 7 heteroatoms. The topological polar surface area (TPSA) is 93.9 Å². The Labute approximate surface area is 129 Å². The molecule has 1 heterocycles. The first-order valence-electron chi connectivity index (χ1n) is 7.05. The summed E-state index contributed by atoms with van der Waals surface area (Å²) in [6.07, 6.45) is 0.00688. The molecule has 0 saturated carbocycles. The van der Waals surface area contributed by atoms with Crippen LogP contribution >= 0.6 is 0 Å². The molecule has 0 aromatic heterocycles. The Morgan fingerprint density at radius 3 is 2.50 bits per heavy atom. The minimum Gasteiger partial charge on any atom is -0.497 e. The fraction of sp³-hybridized carbons (Fsp3) is 0.467. The van der Waals surface area contributed by atoms with Crippen LogP contribution in [0.15, 0.2) is 18.2 Å². The smallest absolute Gasteiger partial charge is 0.237 e. The standard InChI is InChI=1S/C15H21N3O4/c1-21-11-5-10(6-12(7-11)22-2)9-18-4-3-17-15(20)13(18)8-14(16)19/h5-7,13H,3-4,8-9H2,1-2H3,(H2,16,19)(H,17,20)/t13-/m0/s1. The van der Waals surface area contributed by atoms with Gasteiger partial charge in [-0.05, 0) is 17.7 Å². The number of hydrogen-bond acceptors (Lipinski definition) is 5. The Morgan fingerprint density at radius 1 is 1.32 bits per heavy atom. The number of primary amides is 1. The number of amides is 2. The quantitative estimate of drug-likeness (QED) is 0.764. The molecular formula is C15H21N3O4. The number of hydrogen-bond donors (Lipinski definition) is 2. The molecule has 0 spiro atoms. The first-order valence-corrected chi connectivity index (χ1v) is 7.05. The van der Waals surface area contributed by atoms with Crippen LogP contribution in [0.25, 0.3) is 0 Å². The molecule has 1 saturated heterocycles. The van der Waals surface area contributed by atoms with Gasteiger partial charge in [0.25, 0.3) is 0 Å². The van der Waals surface area contributed by atoms with E-state index in [-0.39, 0.29) is 12.3 Å². The van der Waals surface area contributed by atoms with Crippen LogP contribution in [-0.2, 0) is 16.1 Å².